The number of hydrogen-bond donors (Lipinski definition) is 2. The van der Waals surface area contributed by atoms with Crippen LogP contribution >= 0.6 is 0 Å². The zero-order valence-corrected chi connectivity index (χ0v) is 14.9. The number of pyridine rings is 1. The van der Waals surface area contributed by atoms with Crippen LogP contribution in [0.4, 0.5) is 11.4 Å². The Bertz CT molecular complexity index is 971. The lowest BCUT2D eigenvalue weighted by atomic mass is 10.1. The average Bonchev–Trinajstić information content (AvgIpc) is 3.15. The molecule has 2 N–H and O–H groups in total. The van der Waals surface area contributed by atoms with Gasteiger partial charge in [-0.2, -0.15) is 0 Å². The number of carbonyl (C=O) groups is 1. The highest BCUT2D eigenvalue weighted by Crippen LogP contribution is 2.34. The van der Waals surface area contributed by atoms with E-state index in [1.807, 2.05) is 0 Å². The third kappa shape index (κ3) is 4.00. The van der Waals surface area contributed by atoms with E-state index < -0.39 is 0 Å². The number of carbonyl (C=O) groups excluding carboxylic acids is 1. The molecule has 0 spiro atoms. The third-order valence-corrected chi connectivity index (χ3v) is 4.25. The minimum atomic E-state index is -0.236. The molecule has 1 amide bonds. The number of fused-ring (bicyclic) bond motifs is 1. The zero-order chi connectivity index (χ0) is 18.6. The predicted octanol–water partition coefficient (Wildman–Crippen LogP) is 3.98. The minimum absolute atomic E-state index is 0.200. The highest BCUT2D eigenvalue weighted by atomic mass is 16.7. The summed E-state index contributed by atoms with van der Waals surface area (Å²) in [6, 6.07) is 15.4. The Morgan fingerprint density at radius 1 is 1.00 bits per heavy atom. The maximum Gasteiger partial charge on any atom is 0.257 e. The summed E-state index contributed by atoms with van der Waals surface area (Å²) in [5, 5.41) is 6.15. The SMILES string of the molecule is Cc1ccc(CNc2cncc(C(=O)Nc3ccc4c(c3)OCO4)c2)cc1. The number of aromatic nitrogens is 1. The monoisotopic (exact) mass is 361 g/mol. The largest absolute Gasteiger partial charge is 0.454 e. The van der Waals surface area contributed by atoms with Crippen LogP contribution in [-0.2, 0) is 6.54 Å². The first-order valence-corrected chi connectivity index (χ1v) is 8.63. The van der Waals surface area contributed by atoms with Crippen LogP contribution in [0.25, 0.3) is 0 Å². The van der Waals surface area contributed by atoms with E-state index in [0.717, 1.165) is 11.3 Å². The van der Waals surface area contributed by atoms with Gasteiger partial charge in [0.15, 0.2) is 11.5 Å². The maximum absolute atomic E-state index is 12.5. The molecular formula is C21H19N3O3. The minimum Gasteiger partial charge on any atom is -0.454 e. The molecule has 1 aromatic heterocycles. The number of aryl methyl sites for hydroxylation is 1. The lowest BCUT2D eigenvalue weighted by molar-refractivity contribution is 0.102. The van der Waals surface area contributed by atoms with Gasteiger partial charge in [0.1, 0.15) is 0 Å². The number of ether oxygens (including phenoxy) is 2. The number of benzene rings is 2. The van der Waals surface area contributed by atoms with Gasteiger partial charge in [-0.15, -0.1) is 0 Å². The van der Waals surface area contributed by atoms with Gasteiger partial charge in [0.25, 0.3) is 5.91 Å². The second-order valence-electron chi connectivity index (χ2n) is 6.32. The van der Waals surface area contributed by atoms with Crippen molar-refractivity contribution < 1.29 is 14.3 Å². The van der Waals surface area contributed by atoms with E-state index in [9.17, 15) is 4.79 Å². The van der Waals surface area contributed by atoms with E-state index in [1.54, 1.807) is 36.7 Å². The molecule has 1 aliphatic heterocycles. The Morgan fingerprint density at radius 3 is 2.67 bits per heavy atom. The highest BCUT2D eigenvalue weighted by molar-refractivity contribution is 6.04. The molecule has 1 aliphatic rings. The summed E-state index contributed by atoms with van der Waals surface area (Å²) in [7, 11) is 0. The van der Waals surface area contributed by atoms with E-state index in [4.69, 9.17) is 9.47 Å². The number of amides is 1. The van der Waals surface area contributed by atoms with Crippen molar-refractivity contribution >= 4 is 17.3 Å². The van der Waals surface area contributed by atoms with Crippen LogP contribution in [0.1, 0.15) is 21.5 Å². The van der Waals surface area contributed by atoms with Crippen LogP contribution in [-0.4, -0.2) is 17.7 Å². The van der Waals surface area contributed by atoms with Crippen molar-refractivity contribution in [1.82, 2.24) is 4.98 Å². The summed E-state index contributed by atoms with van der Waals surface area (Å²) in [4.78, 5) is 16.7. The summed E-state index contributed by atoms with van der Waals surface area (Å²) in [6.45, 7) is 2.92. The summed E-state index contributed by atoms with van der Waals surface area (Å²) in [5.41, 5.74) is 4.29. The zero-order valence-electron chi connectivity index (χ0n) is 14.9. The highest BCUT2D eigenvalue weighted by Gasteiger charge is 2.15. The summed E-state index contributed by atoms with van der Waals surface area (Å²) in [5.74, 6) is 1.07. The molecule has 136 valence electrons. The topological polar surface area (TPSA) is 72.5 Å². The van der Waals surface area contributed by atoms with Crippen molar-refractivity contribution in [2.75, 3.05) is 17.4 Å². The van der Waals surface area contributed by atoms with E-state index in [0.29, 0.717) is 29.3 Å². The van der Waals surface area contributed by atoms with Crippen LogP contribution in [0.3, 0.4) is 0 Å². The van der Waals surface area contributed by atoms with E-state index in [-0.39, 0.29) is 12.7 Å². The molecule has 2 aromatic carbocycles. The fraction of sp³-hybridized carbons (Fsp3) is 0.143. The molecule has 0 bridgehead atoms. The quantitative estimate of drug-likeness (QED) is 0.719. The molecule has 4 rings (SSSR count). The summed E-state index contributed by atoms with van der Waals surface area (Å²) in [6.07, 6.45) is 3.24. The lowest BCUT2D eigenvalue weighted by Gasteiger charge is -2.09. The summed E-state index contributed by atoms with van der Waals surface area (Å²) >= 11 is 0. The van der Waals surface area contributed by atoms with Gasteiger partial charge in [0, 0.05) is 30.7 Å². The Kier molecular flexibility index (Phi) is 4.61. The van der Waals surface area contributed by atoms with E-state index in [2.05, 4.69) is 46.8 Å². The number of nitrogens with zero attached hydrogens (tertiary/aromatic N) is 1. The van der Waals surface area contributed by atoms with E-state index in [1.165, 1.54) is 5.56 Å². The Hall–Kier alpha value is -3.54. The van der Waals surface area contributed by atoms with Crippen LogP contribution < -0.4 is 20.1 Å². The second-order valence-corrected chi connectivity index (χ2v) is 6.32. The Balaban J connectivity index is 1.42. The van der Waals surface area contributed by atoms with Gasteiger partial charge >= 0.3 is 0 Å². The Morgan fingerprint density at radius 2 is 1.81 bits per heavy atom. The normalized spacial score (nSPS) is 11.9. The molecule has 0 radical (unpaired) electrons. The van der Waals surface area contributed by atoms with Crippen LogP contribution in [0.5, 0.6) is 11.5 Å². The van der Waals surface area contributed by atoms with Gasteiger partial charge in [-0.05, 0) is 30.7 Å². The number of anilines is 2. The van der Waals surface area contributed by atoms with Gasteiger partial charge in [-0.3, -0.25) is 9.78 Å². The molecule has 0 atom stereocenters. The molecule has 2 heterocycles. The van der Waals surface area contributed by atoms with Gasteiger partial charge in [0.2, 0.25) is 6.79 Å². The smallest absolute Gasteiger partial charge is 0.257 e. The van der Waals surface area contributed by atoms with Gasteiger partial charge in [0.05, 0.1) is 11.3 Å². The number of nitrogens with one attached hydrogen (secondary N) is 2. The van der Waals surface area contributed by atoms with Crippen LogP contribution in [0, 0.1) is 6.92 Å². The maximum atomic E-state index is 12.5. The van der Waals surface area contributed by atoms with Crippen molar-refractivity contribution in [1.29, 1.82) is 0 Å². The molecule has 0 fully saturated rings. The van der Waals surface area contributed by atoms with Crippen molar-refractivity contribution in [2.24, 2.45) is 0 Å². The fourth-order valence-corrected chi connectivity index (χ4v) is 2.75. The Labute approximate surface area is 157 Å². The molecule has 27 heavy (non-hydrogen) atoms. The first kappa shape index (κ1) is 16.9. The molecule has 0 saturated carbocycles. The summed E-state index contributed by atoms with van der Waals surface area (Å²) < 4.78 is 10.6. The molecular weight excluding hydrogens is 342 g/mol. The first-order valence-electron chi connectivity index (χ1n) is 8.63. The number of hydrogen-bond acceptors (Lipinski definition) is 5. The van der Waals surface area contributed by atoms with Crippen molar-refractivity contribution in [3.63, 3.8) is 0 Å². The van der Waals surface area contributed by atoms with Crippen molar-refractivity contribution in [3.8, 4) is 11.5 Å². The predicted molar refractivity (Wildman–Crippen MR) is 103 cm³/mol. The lowest BCUT2D eigenvalue weighted by Crippen LogP contribution is -2.12. The van der Waals surface area contributed by atoms with Crippen LogP contribution in [0.2, 0.25) is 0 Å². The first-order chi connectivity index (χ1) is 13.2. The van der Waals surface area contributed by atoms with Gasteiger partial charge in [-0.25, -0.2) is 0 Å². The fourth-order valence-electron chi connectivity index (χ4n) is 2.75. The average molecular weight is 361 g/mol. The molecule has 6 nitrogen and oxygen atoms in total. The molecule has 6 heteroatoms. The molecule has 3 aromatic rings. The van der Waals surface area contributed by atoms with Crippen molar-refractivity contribution in [2.45, 2.75) is 13.5 Å². The van der Waals surface area contributed by atoms with Crippen molar-refractivity contribution in [3.05, 3.63) is 77.6 Å². The van der Waals surface area contributed by atoms with Gasteiger partial charge in [-0.1, -0.05) is 29.8 Å². The number of rotatable bonds is 5. The van der Waals surface area contributed by atoms with Crippen LogP contribution in [0.15, 0.2) is 60.9 Å². The molecule has 0 saturated heterocycles. The third-order valence-electron chi connectivity index (χ3n) is 4.25. The van der Waals surface area contributed by atoms with E-state index >= 15 is 0 Å². The van der Waals surface area contributed by atoms with Gasteiger partial charge < -0.3 is 20.1 Å². The molecule has 0 unspecified atom stereocenters. The molecule has 0 aliphatic carbocycles. The second kappa shape index (κ2) is 7.37. The standard InChI is InChI=1S/C21H19N3O3/c1-14-2-4-15(5-3-14)10-23-18-8-16(11-22-12-18)21(25)24-17-6-7-19-20(9-17)27-13-26-19/h2-9,11-12,23H,10,13H2,1H3,(H,24,25).